The second kappa shape index (κ2) is 7.86. The van der Waals surface area contributed by atoms with Gasteiger partial charge in [-0.3, -0.25) is 4.90 Å². The molecular weight excluding hydrogens is 356 g/mol. The van der Waals surface area contributed by atoms with E-state index in [-0.39, 0.29) is 11.4 Å². The minimum Gasteiger partial charge on any atom is -0.505 e. The van der Waals surface area contributed by atoms with Crippen molar-refractivity contribution < 1.29 is 19.4 Å². The molecule has 1 aromatic heterocycles. The number of fused-ring (bicyclic) bond motifs is 1. The average molecular weight is 378 g/mol. The van der Waals surface area contributed by atoms with Gasteiger partial charge in [0.2, 0.25) is 0 Å². The molecule has 0 spiro atoms. The van der Waals surface area contributed by atoms with Crippen LogP contribution in [0.1, 0.15) is 29.0 Å². The number of pyridine rings is 1. The van der Waals surface area contributed by atoms with E-state index in [4.69, 9.17) is 9.47 Å². The molecule has 144 valence electrons. The van der Waals surface area contributed by atoms with Crippen LogP contribution in [-0.2, 0) is 11.3 Å². The largest absolute Gasteiger partial charge is 0.505 e. The van der Waals surface area contributed by atoms with Crippen molar-refractivity contribution in [2.45, 2.75) is 19.4 Å². The van der Waals surface area contributed by atoms with Gasteiger partial charge in [0, 0.05) is 17.3 Å². The summed E-state index contributed by atoms with van der Waals surface area (Å²) in [6, 6.07) is 14.9. The molecule has 0 atom stereocenters. The molecule has 6 nitrogen and oxygen atoms in total. The number of benzene rings is 2. The number of para-hydroxylation sites is 1. The lowest BCUT2D eigenvalue weighted by atomic mass is 10.1. The number of hydrogen-bond donors (Lipinski definition) is 1. The fourth-order valence-corrected chi connectivity index (χ4v) is 3.54. The van der Waals surface area contributed by atoms with Gasteiger partial charge >= 0.3 is 5.97 Å². The number of methoxy groups -OCH3 is 1. The van der Waals surface area contributed by atoms with Crippen LogP contribution in [-0.4, -0.2) is 41.2 Å². The van der Waals surface area contributed by atoms with Crippen LogP contribution >= 0.6 is 0 Å². The van der Waals surface area contributed by atoms with E-state index in [1.54, 1.807) is 12.1 Å². The molecule has 2 heterocycles. The van der Waals surface area contributed by atoms with E-state index in [0.29, 0.717) is 17.7 Å². The summed E-state index contributed by atoms with van der Waals surface area (Å²) < 4.78 is 10.7. The smallest absolute Gasteiger partial charge is 0.360 e. The third kappa shape index (κ3) is 3.64. The third-order valence-electron chi connectivity index (χ3n) is 4.96. The van der Waals surface area contributed by atoms with Crippen molar-refractivity contribution in [1.82, 2.24) is 9.88 Å². The van der Waals surface area contributed by atoms with Crippen molar-refractivity contribution >= 4 is 16.7 Å². The molecule has 6 heteroatoms. The zero-order valence-corrected chi connectivity index (χ0v) is 15.7. The first-order valence-electron chi connectivity index (χ1n) is 9.35. The van der Waals surface area contributed by atoms with Crippen molar-refractivity contribution in [3.63, 3.8) is 0 Å². The first kappa shape index (κ1) is 18.3. The highest BCUT2D eigenvalue weighted by Crippen LogP contribution is 2.34. The molecule has 1 saturated heterocycles. The summed E-state index contributed by atoms with van der Waals surface area (Å²) in [5, 5.41) is 11.9. The minimum atomic E-state index is -0.647. The van der Waals surface area contributed by atoms with E-state index in [0.717, 1.165) is 42.8 Å². The number of likely N-dealkylation sites (tertiary alicyclic amines) is 1. The lowest BCUT2D eigenvalue weighted by Crippen LogP contribution is -2.20. The average Bonchev–Trinajstić information content (AvgIpc) is 3.23. The number of carbonyl (C=O) groups is 1. The monoisotopic (exact) mass is 378 g/mol. The number of ether oxygens (including phenoxy) is 2. The maximum absolute atomic E-state index is 12.1. The Morgan fingerprint density at radius 2 is 1.82 bits per heavy atom. The number of aromatic nitrogens is 1. The first-order chi connectivity index (χ1) is 13.7. The van der Waals surface area contributed by atoms with Gasteiger partial charge in [-0.25, -0.2) is 9.78 Å². The number of carbonyl (C=O) groups excluding carboxylic acids is 1. The molecule has 1 N–H and O–H groups in total. The standard InChI is InChI=1S/C22H22N2O4/c1-27-22(26)20-21(25)17-10-9-16(28-15-7-3-2-4-8-15)13-18(17)19(23-20)14-24-11-5-6-12-24/h2-4,7-10,13,25H,5-6,11-12,14H2,1H3. The van der Waals surface area contributed by atoms with Crippen molar-refractivity contribution in [1.29, 1.82) is 0 Å². The van der Waals surface area contributed by atoms with E-state index in [2.05, 4.69) is 9.88 Å². The molecule has 1 fully saturated rings. The molecule has 0 unspecified atom stereocenters. The first-order valence-corrected chi connectivity index (χ1v) is 9.35. The van der Waals surface area contributed by atoms with E-state index < -0.39 is 5.97 Å². The van der Waals surface area contributed by atoms with Crippen molar-refractivity contribution in [3.8, 4) is 17.2 Å². The van der Waals surface area contributed by atoms with Crippen LogP contribution < -0.4 is 4.74 Å². The van der Waals surface area contributed by atoms with Gasteiger partial charge in [-0.05, 0) is 56.3 Å². The van der Waals surface area contributed by atoms with Crippen LogP contribution in [0.4, 0.5) is 0 Å². The number of aromatic hydroxyl groups is 1. The van der Waals surface area contributed by atoms with Crippen LogP contribution in [0.25, 0.3) is 10.8 Å². The molecule has 1 aliphatic rings. The predicted octanol–water partition coefficient (Wildman–Crippen LogP) is 4.12. The lowest BCUT2D eigenvalue weighted by Gasteiger charge is -2.18. The van der Waals surface area contributed by atoms with E-state index >= 15 is 0 Å². The van der Waals surface area contributed by atoms with E-state index in [9.17, 15) is 9.90 Å². The Bertz CT molecular complexity index is 998. The molecule has 0 amide bonds. The van der Waals surface area contributed by atoms with Crippen LogP contribution in [0.5, 0.6) is 17.2 Å². The molecule has 0 aliphatic carbocycles. The Kier molecular flexibility index (Phi) is 5.12. The molecule has 2 aromatic carbocycles. The van der Waals surface area contributed by atoms with Crippen LogP contribution in [0.15, 0.2) is 48.5 Å². The molecule has 0 radical (unpaired) electrons. The Hall–Kier alpha value is -3.12. The highest BCUT2D eigenvalue weighted by Gasteiger charge is 2.22. The summed E-state index contributed by atoms with van der Waals surface area (Å²) in [5.74, 6) is 0.560. The minimum absolute atomic E-state index is 0.0547. The molecule has 1 aliphatic heterocycles. The Balaban J connectivity index is 1.79. The second-order valence-electron chi connectivity index (χ2n) is 6.85. The van der Waals surface area contributed by atoms with Crippen molar-refractivity contribution in [3.05, 3.63) is 59.9 Å². The van der Waals surface area contributed by atoms with Crippen LogP contribution in [0.3, 0.4) is 0 Å². The maximum atomic E-state index is 12.1. The summed E-state index contributed by atoms with van der Waals surface area (Å²) in [6.45, 7) is 2.60. The van der Waals surface area contributed by atoms with Gasteiger partial charge in [0.05, 0.1) is 12.8 Å². The maximum Gasteiger partial charge on any atom is 0.360 e. The Morgan fingerprint density at radius 3 is 2.54 bits per heavy atom. The highest BCUT2D eigenvalue weighted by atomic mass is 16.5. The summed E-state index contributed by atoms with van der Waals surface area (Å²) in [7, 11) is 1.28. The number of esters is 1. The third-order valence-corrected chi connectivity index (χ3v) is 4.96. The van der Waals surface area contributed by atoms with Gasteiger partial charge in [-0.2, -0.15) is 0 Å². The molecule has 0 saturated carbocycles. The van der Waals surface area contributed by atoms with Gasteiger partial charge in [-0.1, -0.05) is 18.2 Å². The second-order valence-corrected chi connectivity index (χ2v) is 6.85. The number of hydrogen-bond acceptors (Lipinski definition) is 6. The highest BCUT2D eigenvalue weighted by molar-refractivity contribution is 6.00. The Labute approximate surface area is 163 Å². The topological polar surface area (TPSA) is 71.9 Å². The van der Waals surface area contributed by atoms with E-state index in [1.807, 2.05) is 36.4 Å². The van der Waals surface area contributed by atoms with E-state index in [1.165, 1.54) is 7.11 Å². The fourth-order valence-electron chi connectivity index (χ4n) is 3.54. The molecule has 28 heavy (non-hydrogen) atoms. The quantitative estimate of drug-likeness (QED) is 0.674. The van der Waals surface area contributed by atoms with Gasteiger partial charge in [0.1, 0.15) is 11.5 Å². The van der Waals surface area contributed by atoms with Gasteiger partial charge < -0.3 is 14.6 Å². The molecule has 0 bridgehead atoms. The molecule has 3 aromatic rings. The van der Waals surface area contributed by atoms with Gasteiger partial charge in [-0.15, -0.1) is 0 Å². The van der Waals surface area contributed by atoms with Gasteiger partial charge in [0.25, 0.3) is 0 Å². The molecule has 4 rings (SSSR count). The zero-order chi connectivity index (χ0) is 19.5. The number of nitrogens with zero attached hydrogens (tertiary/aromatic N) is 2. The van der Waals surface area contributed by atoms with Crippen LogP contribution in [0, 0.1) is 0 Å². The van der Waals surface area contributed by atoms with Crippen molar-refractivity contribution in [2.24, 2.45) is 0 Å². The van der Waals surface area contributed by atoms with Gasteiger partial charge in [0.15, 0.2) is 11.4 Å². The zero-order valence-electron chi connectivity index (χ0n) is 15.7. The summed E-state index contributed by atoms with van der Waals surface area (Å²) in [6.07, 6.45) is 2.31. The fraction of sp³-hybridized carbons (Fsp3) is 0.273. The Morgan fingerprint density at radius 1 is 1.07 bits per heavy atom. The SMILES string of the molecule is COC(=O)c1nc(CN2CCCC2)c2cc(Oc3ccccc3)ccc2c1O. The number of rotatable bonds is 5. The normalized spacial score (nSPS) is 14.3. The summed E-state index contributed by atoms with van der Waals surface area (Å²) in [5.41, 5.74) is 0.675. The lowest BCUT2D eigenvalue weighted by molar-refractivity contribution is 0.0590. The molecular formula is C22H22N2O4. The summed E-state index contributed by atoms with van der Waals surface area (Å²) in [4.78, 5) is 18.8. The van der Waals surface area contributed by atoms with Crippen molar-refractivity contribution in [2.75, 3.05) is 20.2 Å². The predicted molar refractivity (Wildman–Crippen MR) is 106 cm³/mol. The summed E-state index contributed by atoms with van der Waals surface area (Å²) >= 11 is 0. The van der Waals surface area contributed by atoms with Crippen LogP contribution in [0.2, 0.25) is 0 Å².